The molecule has 150 valence electrons. The molecule has 1 aliphatic heterocycles. The minimum atomic E-state index is -0.0537. The van der Waals surface area contributed by atoms with Gasteiger partial charge in [0.05, 0.1) is 0 Å². The summed E-state index contributed by atoms with van der Waals surface area (Å²) in [7, 11) is 0. The smallest absolute Gasteiger partial charge is 0.314 e. The number of hydrogen-bond donors (Lipinski definition) is 2. The average molecular weight is 381 g/mol. The van der Waals surface area contributed by atoms with E-state index in [1.54, 1.807) is 0 Å². The zero-order chi connectivity index (χ0) is 19.4. The van der Waals surface area contributed by atoms with Crippen molar-refractivity contribution in [3.63, 3.8) is 0 Å². The van der Waals surface area contributed by atoms with Gasteiger partial charge in [-0.05, 0) is 43.5 Å². The second-order valence-corrected chi connectivity index (χ2v) is 7.29. The van der Waals surface area contributed by atoms with Crippen molar-refractivity contribution in [3.05, 3.63) is 66.2 Å². The van der Waals surface area contributed by atoms with Crippen LogP contribution in [0.25, 0.3) is 0 Å². The largest absolute Gasteiger partial charge is 0.369 e. The van der Waals surface area contributed by atoms with Crippen LogP contribution in [0.4, 0.5) is 10.5 Å². The highest BCUT2D eigenvalue weighted by Gasteiger charge is 2.16. The highest BCUT2D eigenvalue weighted by atomic mass is 16.2. The summed E-state index contributed by atoms with van der Waals surface area (Å²) in [6.45, 7) is 6.78. The summed E-state index contributed by atoms with van der Waals surface area (Å²) in [5.74, 6) is 0. The number of carbonyl (C=O) groups is 1. The van der Waals surface area contributed by atoms with Crippen LogP contribution >= 0.6 is 0 Å². The Morgan fingerprint density at radius 3 is 2.07 bits per heavy atom. The van der Waals surface area contributed by atoms with E-state index in [4.69, 9.17) is 0 Å². The molecule has 1 aliphatic rings. The molecule has 2 aromatic rings. The Balaban J connectivity index is 1.20. The van der Waals surface area contributed by atoms with Gasteiger partial charge in [-0.2, -0.15) is 0 Å². The van der Waals surface area contributed by atoms with Gasteiger partial charge in [-0.3, -0.25) is 4.90 Å². The number of nitrogens with zero attached hydrogens (tertiary/aromatic N) is 2. The molecule has 1 fully saturated rings. The first-order chi connectivity index (χ1) is 13.8. The number of hydrogen-bond acceptors (Lipinski definition) is 3. The number of aryl methyl sites for hydroxylation is 1. The highest BCUT2D eigenvalue weighted by Crippen LogP contribution is 2.15. The van der Waals surface area contributed by atoms with Gasteiger partial charge in [-0.25, -0.2) is 4.79 Å². The van der Waals surface area contributed by atoms with Gasteiger partial charge >= 0.3 is 6.03 Å². The number of rotatable bonds is 9. The fourth-order valence-corrected chi connectivity index (χ4v) is 3.57. The molecule has 0 spiro atoms. The lowest BCUT2D eigenvalue weighted by molar-refractivity contribution is 0.236. The van der Waals surface area contributed by atoms with E-state index in [1.165, 1.54) is 11.3 Å². The summed E-state index contributed by atoms with van der Waals surface area (Å²) in [5, 5.41) is 5.91. The van der Waals surface area contributed by atoms with Crippen LogP contribution in [0.15, 0.2) is 60.7 Å². The third-order valence-electron chi connectivity index (χ3n) is 5.20. The second kappa shape index (κ2) is 11.3. The quantitative estimate of drug-likeness (QED) is 0.657. The Morgan fingerprint density at radius 1 is 0.786 bits per heavy atom. The Kier molecular flexibility index (Phi) is 8.19. The van der Waals surface area contributed by atoms with Crippen LogP contribution in [0.1, 0.15) is 18.4 Å². The lowest BCUT2D eigenvalue weighted by Gasteiger charge is -2.36. The van der Waals surface area contributed by atoms with Crippen molar-refractivity contribution in [3.8, 4) is 0 Å². The molecule has 2 N–H and O–H groups in total. The molecule has 1 heterocycles. The molecule has 0 saturated carbocycles. The van der Waals surface area contributed by atoms with Gasteiger partial charge in [-0.1, -0.05) is 48.5 Å². The van der Waals surface area contributed by atoms with E-state index < -0.39 is 0 Å². The molecule has 0 unspecified atom stereocenters. The Labute approximate surface area is 168 Å². The monoisotopic (exact) mass is 380 g/mol. The van der Waals surface area contributed by atoms with Gasteiger partial charge in [0.1, 0.15) is 0 Å². The van der Waals surface area contributed by atoms with Crippen LogP contribution in [0, 0.1) is 0 Å². The van der Waals surface area contributed by atoms with Crippen LogP contribution in [-0.4, -0.2) is 56.7 Å². The van der Waals surface area contributed by atoms with Crippen molar-refractivity contribution in [2.45, 2.75) is 19.3 Å². The molecule has 2 amide bonds. The number of nitrogens with one attached hydrogen (secondary N) is 2. The maximum absolute atomic E-state index is 11.9. The minimum absolute atomic E-state index is 0.0537. The third kappa shape index (κ3) is 6.89. The molecule has 5 heteroatoms. The predicted octanol–water partition coefficient (Wildman–Crippen LogP) is 3.13. The number of piperazine rings is 1. The molecular weight excluding hydrogens is 348 g/mol. The fraction of sp³-hybridized carbons (Fsp3) is 0.435. The van der Waals surface area contributed by atoms with E-state index in [-0.39, 0.29) is 6.03 Å². The molecule has 28 heavy (non-hydrogen) atoms. The van der Waals surface area contributed by atoms with Gasteiger partial charge in [0.15, 0.2) is 0 Å². The number of benzene rings is 2. The Morgan fingerprint density at radius 2 is 1.39 bits per heavy atom. The van der Waals surface area contributed by atoms with E-state index in [1.807, 2.05) is 6.07 Å². The normalized spacial score (nSPS) is 14.6. The van der Waals surface area contributed by atoms with Gasteiger partial charge in [0.25, 0.3) is 0 Å². The minimum Gasteiger partial charge on any atom is -0.369 e. The summed E-state index contributed by atoms with van der Waals surface area (Å²) in [6, 6.07) is 20.9. The molecule has 0 bridgehead atoms. The van der Waals surface area contributed by atoms with Crippen molar-refractivity contribution in [2.24, 2.45) is 0 Å². The topological polar surface area (TPSA) is 47.6 Å². The van der Waals surface area contributed by atoms with Crippen LogP contribution in [0.3, 0.4) is 0 Å². The van der Waals surface area contributed by atoms with Crippen molar-refractivity contribution < 1.29 is 4.79 Å². The van der Waals surface area contributed by atoms with Crippen molar-refractivity contribution >= 4 is 11.7 Å². The summed E-state index contributed by atoms with van der Waals surface area (Å²) in [6.07, 6.45) is 2.95. The van der Waals surface area contributed by atoms with Gasteiger partial charge in [0, 0.05) is 45.0 Å². The van der Waals surface area contributed by atoms with Crippen LogP contribution < -0.4 is 15.5 Å². The standard InChI is InChI=1S/C23H32N4O/c28-23(24-14-7-11-21-9-3-1-4-10-21)25-15-8-16-26-17-19-27(20-18-26)22-12-5-2-6-13-22/h1-6,9-10,12-13H,7-8,11,14-20H2,(H2,24,25,28). The van der Waals surface area contributed by atoms with Crippen LogP contribution in [0.5, 0.6) is 0 Å². The van der Waals surface area contributed by atoms with E-state index in [0.29, 0.717) is 6.54 Å². The van der Waals surface area contributed by atoms with E-state index >= 15 is 0 Å². The van der Waals surface area contributed by atoms with E-state index in [9.17, 15) is 4.79 Å². The zero-order valence-electron chi connectivity index (χ0n) is 16.6. The van der Waals surface area contributed by atoms with Crippen molar-refractivity contribution in [1.82, 2.24) is 15.5 Å². The lowest BCUT2D eigenvalue weighted by Crippen LogP contribution is -2.47. The number of carbonyl (C=O) groups excluding carboxylic acids is 1. The SMILES string of the molecule is O=C(NCCCc1ccccc1)NCCCN1CCN(c2ccccc2)CC1. The number of anilines is 1. The number of para-hydroxylation sites is 1. The van der Waals surface area contributed by atoms with Gasteiger partial charge in [0.2, 0.25) is 0 Å². The molecule has 0 aromatic heterocycles. The van der Waals surface area contributed by atoms with Gasteiger partial charge in [-0.15, -0.1) is 0 Å². The third-order valence-corrected chi connectivity index (χ3v) is 5.20. The zero-order valence-corrected chi connectivity index (χ0v) is 16.6. The average Bonchev–Trinajstić information content (AvgIpc) is 2.76. The first kappa shape index (κ1) is 20.2. The molecular formula is C23H32N4O. The van der Waals surface area contributed by atoms with Gasteiger partial charge < -0.3 is 15.5 Å². The molecule has 5 nitrogen and oxygen atoms in total. The first-order valence-electron chi connectivity index (χ1n) is 10.4. The maximum Gasteiger partial charge on any atom is 0.314 e. The summed E-state index contributed by atoms with van der Waals surface area (Å²) in [5.41, 5.74) is 2.63. The highest BCUT2D eigenvalue weighted by molar-refractivity contribution is 5.73. The van der Waals surface area contributed by atoms with Crippen LogP contribution in [0.2, 0.25) is 0 Å². The van der Waals surface area contributed by atoms with E-state index in [2.05, 4.69) is 75.0 Å². The van der Waals surface area contributed by atoms with Crippen LogP contribution in [-0.2, 0) is 6.42 Å². The van der Waals surface area contributed by atoms with Crippen molar-refractivity contribution in [2.75, 3.05) is 50.7 Å². The summed E-state index contributed by atoms with van der Waals surface area (Å²) in [4.78, 5) is 16.8. The fourth-order valence-electron chi connectivity index (χ4n) is 3.57. The molecule has 1 saturated heterocycles. The molecule has 3 rings (SSSR count). The van der Waals surface area contributed by atoms with E-state index in [0.717, 1.165) is 58.5 Å². The summed E-state index contributed by atoms with van der Waals surface area (Å²) >= 11 is 0. The predicted molar refractivity (Wildman–Crippen MR) is 116 cm³/mol. The molecule has 0 atom stereocenters. The Bertz CT molecular complexity index is 684. The molecule has 0 radical (unpaired) electrons. The number of amides is 2. The van der Waals surface area contributed by atoms with Crippen molar-refractivity contribution in [1.29, 1.82) is 0 Å². The lowest BCUT2D eigenvalue weighted by atomic mass is 10.1. The Hall–Kier alpha value is -2.53. The number of urea groups is 1. The molecule has 2 aromatic carbocycles. The first-order valence-corrected chi connectivity index (χ1v) is 10.4. The molecule has 0 aliphatic carbocycles. The summed E-state index contributed by atoms with van der Waals surface area (Å²) < 4.78 is 0. The maximum atomic E-state index is 11.9. The second-order valence-electron chi connectivity index (χ2n) is 7.29.